The zero-order chi connectivity index (χ0) is 25.6. The van der Waals surface area contributed by atoms with Crippen LogP contribution in [-0.4, -0.2) is 55.2 Å². The van der Waals surface area contributed by atoms with Gasteiger partial charge in [0.05, 0.1) is 18.2 Å². The van der Waals surface area contributed by atoms with E-state index < -0.39 is 0 Å². The molecule has 2 saturated carbocycles. The Morgan fingerprint density at radius 2 is 1.86 bits per heavy atom. The first-order valence-corrected chi connectivity index (χ1v) is 12.7. The molecule has 0 radical (unpaired) electrons. The molecule has 37 heavy (non-hydrogen) atoms. The molecule has 6 rings (SSSR count). The summed E-state index contributed by atoms with van der Waals surface area (Å²) < 4.78 is 18.2. The SMILES string of the molecule is COc1cc2c(Oc3ccc4c(C(=O)NC5CC5)cccc4c3)ccnc2cc1OCC1(N(C)C)CC1. The van der Waals surface area contributed by atoms with Crippen LogP contribution >= 0.6 is 0 Å². The molecule has 0 spiro atoms. The van der Waals surface area contributed by atoms with Crippen molar-refractivity contribution in [1.29, 1.82) is 0 Å². The van der Waals surface area contributed by atoms with Crippen molar-refractivity contribution in [2.75, 3.05) is 27.8 Å². The number of hydrogen-bond donors (Lipinski definition) is 1. The van der Waals surface area contributed by atoms with Gasteiger partial charge in [-0.3, -0.25) is 9.78 Å². The van der Waals surface area contributed by atoms with Crippen LogP contribution in [0.5, 0.6) is 23.0 Å². The van der Waals surface area contributed by atoms with E-state index in [9.17, 15) is 4.79 Å². The first kappa shape index (κ1) is 23.6. The minimum atomic E-state index is -0.0230. The molecule has 2 aliphatic carbocycles. The number of carbonyl (C=O) groups is 1. The van der Waals surface area contributed by atoms with Gasteiger partial charge in [0.2, 0.25) is 0 Å². The zero-order valence-corrected chi connectivity index (χ0v) is 21.4. The standard InChI is InChI=1S/C30H31N3O4/c1-33(2)30(12-13-30)18-36-28-17-25-24(16-27(28)35-3)26(11-14-31-25)37-21-9-10-22-19(15-21)5-4-6-23(22)29(34)32-20-7-8-20/h4-6,9-11,14-17,20H,7-8,12-13,18H2,1-3H3,(H,32,34). The van der Waals surface area contributed by atoms with Gasteiger partial charge < -0.3 is 24.4 Å². The molecule has 2 fully saturated rings. The predicted octanol–water partition coefficient (Wildman–Crippen LogP) is 5.55. The van der Waals surface area contributed by atoms with Crippen LogP contribution in [-0.2, 0) is 0 Å². The number of pyridine rings is 1. The summed E-state index contributed by atoms with van der Waals surface area (Å²) in [6.45, 7) is 0.607. The van der Waals surface area contributed by atoms with Gasteiger partial charge in [0.25, 0.3) is 5.91 Å². The van der Waals surface area contributed by atoms with Crippen molar-refractivity contribution in [3.63, 3.8) is 0 Å². The lowest BCUT2D eigenvalue weighted by atomic mass is 10.0. The number of aromatic nitrogens is 1. The first-order chi connectivity index (χ1) is 18.0. The molecule has 1 N–H and O–H groups in total. The molecular formula is C30H31N3O4. The van der Waals surface area contributed by atoms with Crippen LogP contribution in [0.25, 0.3) is 21.7 Å². The molecule has 0 aliphatic heterocycles. The molecule has 7 heteroatoms. The van der Waals surface area contributed by atoms with Crippen LogP contribution in [0.1, 0.15) is 36.0 Å². The zero-order valence-electron chi connectivity index (χ0n) is 21.4. The van der Waals surface area contributed by atoms with E-state index in [1.54, 1.807) is 13.3 Å². The molecule has 3 aromatic carbocycles. The molecule has 0 atom stereocenters. The minimum Gasteiger partial charge on any atom is -0.493 e. The Kier molecular flexibility index (Phi) is 5.88. The minimum absolute atomic E-state index is 0.0230. The summed E-state index contributed by atoms with van der Waals surface area (Å²) in [7, 11) is 5.83. The van der Waals surface area contributed by atoms with Gasteiger partial charge >= 0.3 is 0 Å². The van der Waals surface area contributed by atoms with Gasteiger partial charge in [0.15, 0.2) is 11.5 Å². The quantitative estimate of drug-likeness (QED) is 0.327. The van der Waals surface area contributed by atoms with E-state index in [2.05, 4.69) is 29.3 Å². The molecule has 0 unspecified atom stereocenters. The summed E-state index contributed by atoms with van der Waals surface area (Å²) in [6.07, 6.45) is 6.11. The number of carbonyl (C=O) groups excluding carboxylic acids is 1. The number of amides is 1. The van der Waals surface area contributed by atoms with E-state index in [4.69, 9.17) is 14.2 Å². The van der Waals surface area contributed by atoms with E-state index in [-0.39, 0.29) is 11.4 Å². The fraction of sp³-hybridized carbons (Fsp3) is 0.333. The monoisotopic (exact) mass is 497 g/mol. The van der Waals surface area contributed by atoms with Gasteiger partial charge in [0.1, 0.15) is 18.1 Å². The Bertz CT molecular complexity index is 1490. The normalized spacial score (nSPS) is 16.1. The second kappa shape index (κ2) is 9.23. The van der Waals surface area contributed by atoms with Gasteiger partial charge in [-0.25, -0.2) is 0 Å². The number of likely N-dealkylation sites (N-methyl/N-ethyl adjacent to an activating group) is 1. The van der Waals surface area contributed by atoms with Gasteiger partial charge in [-0.1, -0.05) is 12.1 Å². The number of fused-ring (bicyclic) bond motifs is 2. The maximum atomic E-state index is 12.7. The summed E-state index contributed by atoms with van der Waals surface area (Å²) in [5.74, 6) is 2.65. The lowest BCUT2D eigenvalue weighted by Gasteiger charge is -2.24. The van der Waals surface area contributed by atoms with Crippen molar-refractivity contribution in [3.05, 3.63) is 66.4 Å². The number of ether oxygens (including phenoxy) is 3. The molecule has 1 amide bonds. The van der Waals surface area contributed by atoms with Gasteiger partial charge in [-0.2, -0.15) is 0 Å². The van der Waals surface area contributed by atoms with Crippen molar-refractivity contribution >= 4 is 27.6 Å². The van der Waals surface area contributed by atoms with Crippen molar-refractivity contribution in [1.82, 2.24) is 15.2 Å². The van der Waals surface area contributed by atoms with Crippen LogP contribution in [0.3, 0.4) is 0 Å². The smallest absolute Gasteiger partial charge is 0.252 e. The molecule has 7 nitrogen and oxygen atoms in total. The molecule has 0 bridgehead atoms. The highest BCUT2D eigenvalue weighted by molar-refractivity contribution is 6.07. The van der Waals surface area contributed by atoms with Crippen molar-refractivity contribution in [3.8, 4) is 23.0 Å². The van der Waals surface area contributed by atoms with E-state index >= 15 is 0 Å². The third-order valence-corrected chi connectivity index (χ3v) is 7.50. The Hall–Kier alpha value is -3.84. The molecular weight excluding hydrogens is 466 g/mol. The van der Waals surface area contributed by atoms with Crippen molar-refractivity contribution in [2.45, 2.75) is 37.3 Å². The van der Waals surface area contributed by atoms with Crippen LogP contribution in [0.4, 0.5) is 0 Å². The van der Waals surface area contributed by atoms with E-state index in [0.29, 0.717) is 41.2 Å². The summed E-state index contributed by atoms with van der Waals surface area (Å²) >= 11 is 0. The molecule has 1 aromatic heterocycles. The van der Waals surface area contributed by atoms with E-state index in [0.717, 1.165) is 47.4 Å². The third-order valence-electron chi connectivity index (χ3n) is 7.50. The molecule has 1 heterocycles. The van der Waals surface area contributed by atoms with Crippen LogP contribution in [0.2, 0.25) is 0 Å². The summed E-state index contributed by atoms with van der Waals surface area (Å²) in [4.78, 5) is 19.5. The van der Waals surface area contributed by atoms with E-state index in [1.807, 2.05) is 54.6 Å². The lowest BCUT2D eigenvalue weighted by molar-refractivity contribution is 0.0952. The average Bonchev–Trinajstić information content (AvgIpc) is 3.83. The topological polar surface area (TPSA) is 72.9 Å². The molecule has 190 valence electrons. The van der Waals surface area contributed by atoms with Gasteiger partial charge in [0, 0.05) is 29.3 Å². The number of nitrogens with one attached hydrogen (secondary N) is 1. The fourth-order valence-electron chi connectivity index (χ4n) is 4.71. The predicted molar refractivity (Wildman–Crippen MR) is 144 cm³/mol. The number of methoxy groups -OCH3 is 1. The van der Waals surface area contributed by atoms with Gasteiger partial charge in [-0.15, -0.1) is 0 Å². The van der Waals surface area contributed by atoms with Crippen LogP contribution in [0, 0.1) is 0 Å². The van der Waals surface area contributed by atoms with Crippen LogP contribution in [0.15, 0.2) is 60.8 Å². The number of hydrogen-bond acceptors (Lipinski definition) is 6. The number of rotatable bonds is 9. The second-order valence-corrected chi connectivity index (χ2v) is 10.3. The molecule has 4 aromatic rings. The Labute approximate surface area is 216 Å². The summed E-state index contributed by atoms with van der Waals surface area (Å²) in [6, 6.07) is 17.6. The largest absolute Gasteiger partial charge is 0.493 e. The Morgan fingerprint density at radius 1 is 1.03 bits per heavy atom. The average molecular weight is 498 g/mol. The maximum absolute atomic E-state index is 12.7. The van der Waals surface area contributed by atoms with E-state index in [1.165, 1.54) is 0 Å². The number of benzene rings is 3. The van der Waals surface area contributed by atoms with Crippen LogP contribution < -0.4 is 19.5 Å². The Morgan fingerprint density at radius 3 is 2.59 bits per heavy atom. The summed E-state index contributed by atoms with van der Waals surface area (Å²) in [5.41, 5.74) is 1.56. The third kappa shape index (κ3) is 4.67. The highest BCUT2D eigenvalue weighted by Crippen LogP contribution is 2.42. The molecule has 0 saturated heterocycles. The highest BCUT2D eigenvalue weighted by Gasteiger charge is 2.45. The summed E-state index contributed by atoms with van der Waals surface area (Å²) in [5, 5.41) is 5.76. The fourth-order valence-corrected chi connectivity index (χ4v) is 4.71. The molecule has 2 aliphatic rings. The maximum Gasteiger partial charge on any atom is 0.252 e. The Balaban J connectivity index is 1.28. The lowest BCUT2D eigenvalue weighted by Crippen LogP contribution is -2.35. The van der Waals surface area contributed by atoms with Crippen molar-refractivity contribution in [2.24, 2.45) is 0 Å². The van der Waals surface area contributed by atoms with Crippen molar-refractivity contribution < 1.29 is 19.0 Å². The second-order valence-electron chi connectivity index (χ2n) is 10.3. The highest BCUT2D eigenvalue weighted by atomic mass is 16.5. The number of nitrogens with zero attached hydrogens (tertiary/aromatic N) is 2. The van der Waals surface area contributed by atoms with Gasteiger partial charge in [-0.05, 0) is 86.9 Å². The first-order valence-electron chi connectivity index (χ1n) is 12.7.